The Morgan fingerprint density at radius 3 is 2.39 bits per heavy atom. The molecular formula is C20H23FN2O5. The molecule has 0 radical (unpaired) electrons. The van der Waals surface area contributed by atoms with Gasteiger partial charge in [0.25, 0.3) is 5.91 Å². The van der Waals surface area contributed by atoms with Crippen LogP contribution in [0.25, 0.3) is 0 Å². The van der Waals surface area contributed by atoms with Gasteiger partial charge in [0, 0.05) is 18.2 Å². The lowest BCUT2D eigenvalue weighted by Gasteiger charge is -2.23. The summed E-state index contributed by atoms with van der Waals surface area (Å²) in [7, 11) is 1.35. The minimum atomic E-state index is -0.970. The van der Waals surface area contributed by atoms with Crippen molar-refractivity contribution in [1.82, 2.24) is 10.3 Å². The molecular weight excluding hydrogens is 367 g/mol. The Hall–Kier alpha value is -3.16. The van der Waals surface area contributed by atoms with Gasteiger partial charge in [-0.1, -0.05) is 19.1 Å². The van der Waals surface area contributed by atoms with Gasteiger partial charge in [-0.25, -0.2) is 14.2 Å². The Bertz CT molecular complexity index is 841. The van der Waals surface area contributed by atoms with Gasteiger partial charge in [-0.3, -0.25) is 4.79 Å². The second kappa shape index (κ2) is 9.16. The monoisotopic (exact) mass is 390 g/mol. The van der Waals surface area contributed by atoms with E-state index in [2.05, 4.69) is 10.3 Å². The van der Waals surface area contributed by atoms with E-state index in [0.29, 0.717) is 0 Å². The van der Waals surface area contributed by atoms with E-state index in [1.807, 2.05) is 6.92 Å². The molecule has 8 heteroatoms. The lowest BCUT2D eigenvalue weighted by Crippen LogP contribution is -2.41. The number of aromatic nitrogens is 1. The lowest BCUT2D eigenvalue weighted by atomic mass is 9.96. The average Bonchev–Trinajstić information content (AvgIpc) is 2.67. The van der Waals surface area contributed by atoms with Crippen LogP contribution in [0.15, 0.2) is 36.5 Å². The second-order valence-electron chi connectivity index (χ2n) is 6.39. The van der Waals surface area contributed by atoms with Crippen molar-refractivity contribution in [2.24, 2.45) is 0 Å². The van der Waals surface area contributed by atoms with Crippen molar-refractivity contribution < 1.29 is 28.6 Å². The number of halogens is 1. The standard InChI is InChI=1S/C20H23FN2O5/c1-11(14-5-7-15(21)8-6-14)13(3)28-20(26)12(2)23-19(25)17-18(24)16(27-4)9-10-22-17/h5-13,24H,1-4H3,(H,23,25)/t11-,12-,13+/m0/s1. The molecule has 1 aromatic carbocycles. The Morgan fingerprint density at radius 2 is 1.79 bits per heavy atom. The third kappa shape index (κ3) is 4.97. The maximum absolute atomic E-state index is 13.0. The molecule has 2 N–H and O–H groups in total. The van der Waals surface area contributed by atoms with E-state index in [9.17, 15) is 19.1 Å². The normalized spacial score (nSPS) is 13.9. The van der Waals surface area contributed by atoms with Crippen molar-refractivity contribution in [3.8, 4) is 11.5 Å². The number of ether oxygens (including phenoxy) is 2. The van der Waals surface area contributed by atoms with Crippen molar-refractivity contribution in [3.05, 3.63) is 53.6 Å². The molecule has 7 nitrogen and oxygen atoms in total. The van der Waals surface area contributed by atoms with Crippen LogP contribution in [-0.2, 0) is 9.53 Å². The van der Waals surface area contributed by atoms with Gasteiger partial charge in [-0.15, -0.1) is 0 Å². The summed E-state index contributed by atoms with van der Waals surface area (Å²) >= 11 is 0. The zero-order valence-electron chi connectivity index (χ0n) is 16.1. The Balaban J connectivity index is 1.98. The molecule has 2 rings (SSSR count). The average molecular weight is 390 g/mol. The SMILES string of the molecule is COc1ccnc(C(=O)N[C@@H](C)C(=O)O[C@H](C)[C@H](C)c2ccc(F)cc2)c1O. The number of nitrogens with one attached hydrogen (secondary N) is 1. The van der Waals surface area contributed by atoms with Crippen molar-refractivity contribution in [2.45, 2.75) is 38.8 Å². The zero-order valence-corrected chi connectivity index (χ0v) is 16.1. The van der Waals surface area contributed by atoms with Gasteiger partial charge in [0.15, 0.2) is 17.2 Å². The maximum Gasteiger partial charge on any atom is 0.328 e. The molecule has 1 aromatic heterocycles. The molecule has 0 aliphatic carbocycles. The topological polar surface area (TPSA) is 97.8 Å². The summed E-state index contributed by atoms with van der Waals surface area (Å²) in [5.41, 5.74) is 0.565. The van der Waals surface area contributed by atoms with Crippen LogP contribution in [0.4, 0.5) is 4.39 Å². The summed E-state index contributed by atoms with van der Waals surface area (Å²) in [6.45, 7) is 5.04. The van der Waals surface area contributed by atoms with Crippen LogP contribution >= 0.6 is 0 Å². The molecule has 2 aromatic rings. The summed E-state index contributed by atoms with van der Waals surface area (Å²) in [6.07, 6.45) is 0.809. The third-order valence-corrected chi connectivity index (χ3v) is 4.43. The van der Waals surface area contributed by atoms with Crippen LogP contribution in [0.5, 0.6) is 11.5 Å². The number of aromatic hydroxyl groups is 1. The molecule has 0 saturated heterocycles. The molecule has 3 atom stereocenters. The van der Waals surface area contributed by atoms with Gasteiger partial charge in [0.2, 0.25) is 0 Å². The Labute approximate surface area is 162 Å². The number of amides is 1. The minimum Gasteiger partial charge on any atom is -0.503 e. The highest BCUT2D eigenvalue weighted by Crippen LogP contribution is 2.27. The highest BCUT2D eigenvalue weighted by atomic mass is 19.1. The first-order chi connectivity index (χ1) is 13.2. The lowest BCUT2D eigenvalue weighted by molar-refractivity contribution is -0.151. The summed E-state index contributed by atoms with van der Waals surface area (Å²) in [4.78, 5) is 28.4. The van der Waals surface area contributed by atoms with Crippen LogP contribution < -0.4 is 10.1 Å². The summed E-state index contributed by atoms with van der Waals surface area (Å²) < 4.78 is 23.4. The fourth-order valence-corrected chi connectivity index (χ4v) is 2.52. The predicted molar refractivity (Wildman–Crippen MR) is 99.8 cm³/mol. The number of benzene rings is 1. The number of rotatable bonds is 7. The number of carbonyl (C=O) groups is 2. The number of pyridine rings is 1. The van der Waals surface area contributed by atoms with Gasteiger partial charge >= 0.3 is 5.97 Å². The van der Waals surface area contributed by atoms with E-state index < -0.39 is 29.8 Å². The van der Waals surface area contributed by atoms with Crippen LogP contribution in [0.3, 0.4) is 0 Å². The van der Waals surface area contributed by atoms with E-state index >= 15 is 0 Å². The Kier molecular flexibility index (Phi) is 6.92. The first-order valence-electron chi connectivity index (χ1n) is 8.73. The number of hydrogen-bond donors (Lipinski definition) is 2. The second-order valence-corrected chi connectivity index (χ2v) is 6.39. The molecule has 0 fully saturated rings. The van der Waals surface area contributed by atoms with Crippen molar-refractivity contribution in [2.75, 3.05) is 7.11 Å². The number of hydrogen-bond acceptors (Lipinski definition) is 6. The molecule has 0 spiro atoms. The summed E-state index contributed by atoms with van der Waals surface area (Å²) in [5, 5.41) is 12.4. The molecule has 0 saturated carbocycles. The van der Waals surface area contributed by atoms with E-state index in [-0.39, 0.29) is 23.2 Å². The van der Waals surface area contributed by atoms with Crippen molar-refractivity contribution in [1.29, 1.82) is 0 Å². The van der Waals surface area contributed by atoms with Gasteiger partial charge < -0.3 is 19.9 Å². The van der Waals surface area contributed by atoms with Gasteiger partial charge in [0.05, 0.1) is 7.11 Å². The first kappa shape index (κ1) is 21.1. The molecule has 0 aliphatic heterocycles. The molecule has 1 amide bonds. The molecule has 1 heterocycles. The fraction of sp³-hybridized carbons (Fsp3) is 0.350. The molecule has 0 bridgehead atoms. The zero-order chi connectivity index (χ0) is 20.8. The highest BCUT2D eigenvalue weighted by molar-refractivity contribution is 5.97. The van der Waals surface area contributed by atoms with Crippen molar-refractivity contribution >= 4 is 11.9 Å². The van der Waals surface area contributed by atoms with Crippen LogP contribution in [0, 0.1) is 5.82 Å². The summed E-state index contributed by atoms with van der Waals surface area (Å²) in [5.74, 6) is -2.21. The molecule has 28 heavy (non-hydrogen) atoms. The highest BCUT2D eigenvalue weighted by Gasteiger charge is 2.25. The number of nitrogens with zero attached hydrogens (tertiary/aromatic N) is 1. The van der Waals surface area contributed by atoms with Gasteiger partial charge in [-0.05, 0) is 31.5 Å². The van der Waals surface area contributed by atoms with E-state index in [1.54, 1.807) is 19.1 Å². The maximum atomic E-state index is 13.0. The van der Waals surface area contributed by atoms with Crippen molar-refractivity contribution in [3.63, 3.8) is 0 Å². The molecule has 150 valence electrons. The van der Waals surface area contributed by atoms with E-state index in [0.717, 1.165) is 5.56 Å². The third-order valence-electron chi connectivity index (χ3n) is 4.43. The van der Waals surface area contributed by atoms with Crippen LogP contribution in [0.2, 0.25) is 0 Å². The van der Waals surface area contributed by atoms with Crippen LogP contribution in [0.1, 0.15) is 42.7 Å². The fourth-order valence-electron chi connectivity index (χ4n) is 2.52. The molecule has 0 unspecified atom stereocenters. The summed E-state index contributed by atoms with van der Waals surface area (Å²) in [6, 6.07) is 6.39. The predicted octanol–water partition coefficient (Wildman–Crippen LogP) is 2.79. The smallest absolute Gasteiger partial charge is 0.328 e. The quantitative estimate of drug-likeness (QED) is 0.706. The number of methoxy groups -OCH3 is 1. The Morgan fingerprint density at radius 1 is 1.14 bits per heavy atom. The minimum absolute atomic E-state index is 0.0946. The van der Waals surface area contributed by atoms with Gasteiger partial charge in [-0.2, -0.15) is 0 Å². The van der Waals surface area contributed by atoms with Gasteiger partial charge in [0.1, 0.15) is 18.0 Å². The molecule has 0 aliphatic rings. The first-order valence-corrected chi connectivity index (χ1v) is 8.73. The van der Waals surface area contributed by atoms with E-state index in [4.69, 9.17) is 9.47 Å². The number of esters is 1. The van der Waals surface area contributed by atoms with E-state index in [1.165, 1.54) is 38.4 Å². The number of carbonyl (C=O) groups excluding carboxylic acids is 2. The largest absolute Gasteiger partial charge is 0.503 e. The van der Waals surface area contributed by atoms with Crippen LogP contribution in [-0.4, -0.2) is 41.2 Å².